The van der Waals surface area contributed by atoms with Crippen LogP contribution in [0, 0.1) is 16.7 Å². The van der Waals surface area contributed by atoms with Crippen molar-refractivity contribution in [2.75, 3.05) is 0 Å². The molecule has 0 aliphatic heterocycles. The molecule has 2 bridgehead atoms. The smallest absolute Gasteiger partial charge is 0.248 e. The molecule has 2 aliphatic rings. The molecular weight excluding hydrogens is 260 g/mol. The largest absolute Gasteiger partial charge is 0.366 e. The van der Waals surface area contributed by atoms with Gasteiger partial charge in [-0.25, -0.2) is 0 Å². The minimum atomic E-state index is -0.357. The first-order valence-corrected chi connectivity index (χ1v) is 7.95. The molecule has 2 aliphatic carbocycles. The van der Waals surface area contributed by atoms with Crippen LogP contribution < -0.4 is 11.1 Å². The minimum absolute atomic E-state index is 0.355. The van der Waals surface area contributed by atoms with E-state index in [0.29, 0.717) is 22.4 Å². The molecule has 0 radical (unpaired) electrons. The monoisotopic (exact) mass is 286 g/mol. The van der Waals surface area contributed by atoms with E-state index in [0.717, 1.165) is 18.0 Å². The lowest BCUT2D eigenvalue weighted by molar-refractivity contribution is 0.0999. The number of fused-ring (bicyclic) bond motifs is 2. The van der Waals surface area contributed by atoms with Gasteiger partial charge in [0.1, 0.15) is 0 Å². The highest BCUT2D eigenvalue weighted by molar-refractivity contribution is 5.92. The van der Waals surface area contributed by atoms with E-state index in [1.807, 2.05) is 12.1 Å². The Morgan fingerprint density at radius 2 is 2.14 bits per heavy atom. The van der Waals surface area contributed by atoms with E-state index in [2.05, 4.69) is 32.2 Å². The molecule has 3 atom stereocenters. The number of benzene rings is 1. The van der Waals surface area contributed by atoms with Crippen LogP contribution in [0.25, 0.3) is 0 Å². The van der Waals surface area contributed by atoms with E-state index in [-0.39, 0.29) is 5.91 Å². The van der Waals surface area contributed by atoms with Gasteiger partial charge in [-0.05, 0) is 53.7 Å². The summed E-state index contributed by atoms with van der Waals surface area (Å²) in [6.45, 7) is 8.04. The highest BCUT2D eigenvalue weighted by Crippen LogP contribution is 2.62. The van der Waals surface area contributed by atoms with Gasteiger partial charge >= 0.3 is 0 Å². The molecule has 0 spiro atoms. The Kier molecular flexibility index (Phi) is 3.36. The molecule has 0 saturated heterocycles. The van der Waals surface area contributed by atoms with Gasteiger partial charge in [-0.2, -0.15) is 0 Å². The molecule has 2 saturated carbocycles. The molecule has 1 amide bonds. The van der Waals surface area contributed by atoms with Gasteiger partial charge < -0.3 is 11.1 Å². The van der Waals surface area contributed by atoms with Gasteiger partial charge in [0, 0.05) is 18.2 Å². The summed E-state index contributed by atoms with van der Waals surface area (Å²) in [5, 5.41) is 3.77. The van der Waals surface area contributed by atoms with Crippen molar-refractivity contribution in [1.82, 2.24) is 5.32 Å². The number of primary amides is 1. The lowest BCUT2D eigenvalue weighted by Crippen LogP contribution is -2.49. The maximum Gasteiger partial charge on any atom is 0.248 e. The Balaban J connectivity index is 1.73. The van der Waals surface area contributed by atoms with Gasteiger partial charge in [0.25, 0.3) is 0 Å². The highest BCUT2D eigenvalue weighted by atomic mass is 16.1. The SMILES string of the molecule is CC12CCC(C1)C(C)(C)C2NCc1cccc(C(N)=O)c1. The zero-order valence-corrected chi connectivity index (χ0v) is 13.3. The van der Waals surface area contributed by atoms with E-state index >= 15 is 0 Å². The quantitative estimate of drug-likeness (QED) is 0.893. The van der Waals surface area contributed by atoms with Crippen molar-refractivity contribution in [2.45, 2.75) is 52.6 Å². The second-order valence-electron chi connectivity index (χ2n) is 7.79. The Morgan fingerprint density at radius 1 is 1.38 bits per heavy atom. The minimum Gasteiger partial charge on any atom is -0.366 e. The van der Waals surface area contributed by atoms with Gasteiger partial charge in [0.15, 0.2) is 0 Å². The highest BCUT2D eigenvalue weighted by Gasteiger charge is 2.58. The van der Waals surface area contributed by atoms with E-state index < -0.39 is 0 Å². The fourth-order valence-corrected chi connectivity index (χ4v) is 4.87. The third-order valence-electron chi connectivity index (χ3n) is 5.99. The fourth-order valence-electron chi connectivity index (χ4n) is 4.87. The van der Waals surface area contributed by atoms with Crippen molar-refractivity contribution < 1.29 is 4.79 Å². The Morgan fingerprint density at radius 3 is 2.76 bits per heavy atom. The zero-order valence-electron chi connectivity index (χ0n) is 13.3. The molecule has 1 aromatic rings. The Labute approximate surface area is 127 Å². The molecule has 3 nitrogen and oxygen atoms in total. The molecule has 2 fully saturated rings. The van der Waals surface area contributed by atoms with Crippen molar-refractivity contribution in [2.24, 2.45) is 22.5 Å². The van der Waals surface area contributed by atoms with E-state index in [1.165, 1.54) is 19.3 Å². The number of carbonyl (C=O) groups is 1. The standard InChI is InChI=1S/C18H26N2O/c1-17(2)14-7-8-18(3,10-14)16(17)20-11-12-5-4-6-13(9-12)15(19)21/h4-6,9,14,16,20H,7-8,10-11H2,1-3H3,(H2,19,21). The van der Waals surface area contributed by atoms with E-state index in [1.54, 1.807) is 6.07 Å². The summed E-state index contributed by atoms with van der Waals surface area (Å²) in [5.74, 6) is 0.487. The third-order valence-corrected chi connectivity index (χ3v) is 5.99. The molecule has 3 rings (SSSR count). The molecule has 3 N–H and O–H groups in total. The third kappa shape index (κ3) is 2.38. The normalized spacial score (nSPS) is 33.3. The molecule has 114 valence electrons. The van der Waals surface area contributed by atoms with Crippen LogP contribution in [0.1, 0.15) is 56.0 Å². The van der Waals surface area contributed by atoms with Crippen LogP contribution in [-0.4, -0.2) is 11.9 Å². The van der Waals surface area contributed by atoms with Crippen LogP contribution in [0.5, 0.6) is 0 Å². The predicted molar refractivity (Wildman–Crippen MR) is 84.8 cm³/mol. The van der Waals surface area contributed by atoms with Crippen LogP contribution in [0.2, 0.25) is 0 Å². The number of hydrogen-bond acceptors (Lipinski definition) is 2. The summed E-state index contributed by atoms with van der Waals surface area (Å²) >= 11 is 0. The van der Waals surface area contributed by atoms with Crippen molar-refractivity contribution in [1.29, 1.82) is 0 Å². The number of nitrogens with one attached hydrogen (secondary N) is 1. The number of nitrogens with two attached hydrogens (primary N) is 1. The summed E-state index contributed by atoms with van der Waals surface area (Å²) in [4.78, 5) is 11.3. The summed E-state index contributed by atoms with van der Waals surface area (Å²) in [7, 11) is 0. The second kappa shape index (κ2) is 4.84. The molecule has 3 heteroatoms. The van der Waals surface area contributed by atoms with E-state index in [9.17, 15) is 4.79 Å². The number of rotatable bonds is 4. The van der Waals surface area contributed by atoms with Gasteiger partial charge in [0.2, 0.25) is 5.91 Å². The van der Waals surface area contributed by atoms with Gasteiger partial charge in [-0.1, -0.05) is 32.9 Å². The Bertz CT molecular complexity index is 561. The average molecular weight is 286 g/mol. The Hall–Kier alpha value is -1.35. The van der Waals surface area contributed by atoms with Gasteiger partial charge in [-0.3, -0.25) is 4.79 Å². The van der Waals surface area contributed by atoms with Crippen LogP contribution in [-0.2, 0) is 6.54 Å². The molecule has 21 heavy (non-hydrogen) atoms. The fraction of sp³-hybridized carbons (Fsp3) is 0.611. The lowest BCUT2D eigenvalue weighted by Gasteiger charge is -2.43. The van der Waals surface area contributed by atoms with Crippen LogP contribution in [0.4, 0.5) is 0 Å². The van der Waals surface area contributed by atoms with Crippen LogP contribution in [0.15, 0.2) is 24.3 Å². The predicted octanol–water partition coefficient (Wildman–Crippen LogP) is 3.09. The summed E-state index contributed by atoms with van der Waals surface area (Å²) in [6.07, 6.45) is 4.05. The molecule has 1 aromatic carbocycles. The first-order chi connectivity index (χ1) is 9.83. The van der Waals surface area contributed by atoms with Crippen molar-refractivity contribution in [3.8, 4) is 0 Å². The molecule has 3 unspecified atom stereocenters. The number of hydrogen-bond donors (Lipinski definition) is 2. The maximum atomic E-state index is 11.3. The lowest BCUT2D eigenvalue weighted by atomic mass is 9.68. The topological polar surface area (TPSA) is 55.1 Å². The summed E-state index contributed by atoms with van der Waals surface area (Å²) in [6, 6.07) is 8.18. The molecule has 0 heterocycles. The number of carbonyl (C=O) groups excluding carboxylic acids is 1. The first kappa shape index (κ1) is 14.6. The zero-order chi connectivity index (χ0) is 15.3. The van der Waals surface area contributed by atoms with Crippen LogP contribution in [0.3, 0.4) is 0 Å². The van der Waals surface area contributed by atoms with Crippen molar-refractivity contribution >= 4 is 5.91 Å². The van der Waals surface area contributed by atoms with E-state index in [4.69, 9.17) is 5.73 Å². The summed E-state index contributed by atoms with van der Waals surface area (Å²) < 4.78 is 0. The van der Waals surface area contributed by atoms with Crippen molar-refractivity contribution in [3.63, 3.8) is 0 Å². The number of amides is 1. The van der Waals surface area contributed by atoms with Crippen molar-refractivity contribution in [3.05, 3.63) is 35.4 Å². The maximum absolute atomic E-state index is 11.3. The second-order valence-corrected chi connectivity index (χ2v) is 7.79. The van der Waals surface area contributed by atoms with Gasteiger partial charge in [0.05, 0.1) is 0 Å². The molecule has 0 aromatic heterocycles. The molecular formula is C18H26N2O. The average Bonchev–Trinajstić information content (AvgIpc) is 2.89. The van der Waals surface area contributed by atoms with Crippen LogP contribution >= 0.6 is 0 Å². The summed E-state index contributed by atoms with van der Waals surface area (Å²) in [5.41, 5.74) is 7.86. The van der Waals surface area contributed by atoms with Gasteiger partial charge in [-0.15, -0.1) is 0 Å². The first-order valence-electron chi connectivity index (χ1n) is 7.95.